The summed E-state index contributed by atoms with van der Waals surface area (Å²) < 4.78 is 39.1. The molecule has 1 aromatic heterocycles. The van der Waals surface area contributed by atoms with E-state index in [0.717, 1.165) is 6.07 Å². The standard InChI is InChI=1S/C10H9BrF3N5/c1-5(9-16-18-19-17-9)15-8-3-2-6(11)4-7(8)10(12,13)14/h2-5,15H,1H3,(H,16,17,18,19). The van der Waals surface area contributed by atoms with Gasteiger partial charge in [-0.1, -0.05) is 21.1 Å². The summed E-state index contributed by atoms with van der Waals surface area (Å²) in [6, 6.07) is 3.40. The lowest BCUT2D eigenvalue weighted by Crippen LogP contribution is -2.14. The molecule has 2 rings (SSSR count). The molecule has 5 nitrogen and oxygen atoms in total. The van der Waals surface area contributed by atoms with Gasteiger partial charge in [0.1, 0.15) is 0 Å². The first-order chi connectivity index (χ1) is 8.88. The first-order valence-corrected chi connectivity index (χ1v) is 6.04. The minimum absolute atomic E-state index is 0.0343. The summed E-state index contributed by atoms with van der Waals surface area (Å²) in [5.41, 5.74) is -0.787. The average Bonchev–Trinajstić information content (AvgIpc) is 2.83. The maximum Gasteiger partial charge on any atom is 0.418 e. The van der Waals surface area contributed by atoms with Crippen LogP contribution in [0.4, 0.5) is 18.9 Å². The van der Waals surface area contributed by atoms with Crippen LogP contribution >= 0.6 is 15.9 Å². The normalized spacial score (nSPS) is 13.3. The van der Waals surface area contributed by atoms with E-state index >= 15 is 0 Å². The van der Waals surface area contributed by atoms with Crippen LogP contribution in [0.5, 0.6) is 0 Å². The Bertz CT molecular complexity index is 555. The average molecular weight is 336 g/mol. The van der Waals surface area contributed by atoms with Gasteiger partial charge in [0.05, 0.1) is 11.6 Å². The number of halogens is 4. The Balaban J connectivity index is 2.30. The Morgan fingerprint density at radius 3 is 2.68 bits per heavy atom. The van der Waals surface area contributed by atoms with Gasteiger partial charge in [0.2, 0.25) is 0 Å². The largest absolute Gasteiger partial charge is 0.418 e. The van der Waals surface area contributed by atoms with Gasteiger partial charge in [-0.15, -0.1) is 10.2 Å². The second-order valence-corrected chi connectivity index (χ2v) is 4.74. The van der Waals surface area contributed by atoms with Crippen molar-refractivity contribution in [3.63, 3.8) is 0 Å². The fourth-order valence-corrected chi connectivity index (χ4v) is 1.89. The molecule has 1 aromatic carbocycles. The fourth-order valence-electron chi connectivity index (χ4n) is 1.53. The quantitative estimate of drug-likeness (QED) is 0.904. The van der Waals surface area contributed by atoms with Gasteiger partial charge in [-0.05, 0) is 25.1 Å². The van der Waals surface area contributed by atoms with Crippen LogP contribution < -0.4 is 5.32 Å². The SMILES string of the molecule is CC(Nc1ccc(Br)cc1C(F)(F)F)c1nn[nH]n1. The second kappa shape index (κ2) is 5.16. The van der Waals surface area contributed by atoms with E-state index in [1.54, 1.807) is 6.92 Å². The number of tetrazole rings is 1. The molecule has 0 aliphatic heterocycles. The maximum atomic E-state index is 12.9. The summed E-state index contributed by atoms with van der Waals surface area (Å²) in [6.45, 7) is 1.65. The van der Waals surface area contributed by atoms with Crippen molar-refractivity contribution in [2.24, 2.45) is 0 Å². The molecule has 0 amide bonds. The summed E-state index contributed by atoms with van der Waals surface area (Å²) in [7, 11) is 0. The molecule has 1 heterocycles. The molecule has 0 spiro atoms. The molecule has 0 saturated heterocycles. The summed E-state index contributed by atoms with van der Waals surface area (Å²) in [6.07, 6.45) is -4.44. The van der Waals surface area contributed by atoms with Crippen LogP contribution in [0, 0.1) is 0 Å². The number of nitrogens with one attached hydrogen (secondary N) is 2. The van der Waals surface area contributed by atoms with Crippen molar-refractivity contribution >= 4 is 21.6 Å². The molecule has 0 aliphatic rings. The summed E-state index contributed by atoms with van der Waals surface area (Å²) in [5.74, 6) is 0.288. The molecular formula is C10H9BrF3N5. The highest BCUT2D eigenvalue weighted by molar-refractivity contribution is 9.10. The van der Waals surface area contributed by atoms with Crippen LogP contribution in [0.2, 0.25) is 0 Å². The van der Waals surface area contributed by atoms with Crippen molar-refractivity contribution < 1.29 is 13.2 Å². The van der Waals surface area contributed by atoms with Crippen molar-refractivity contribution in [1.29, 1.82) is 0 Å². The Morgan fingerprint density at radius 1 is 1.37 bits per heavy atom. The van der Waals surface area contributed by atoms with Gasteiger partial charge in [0.15, 0.2) is 5.82 Å². The molecule has 1 atom stereocenters. The number of anilines is 1. The molecule has 2 N–H and O–H groups in total. The molecule has 19 heavy (non-hydrogen) atoms. The number of rotatable bonds is 3. The van der Waals surface area contributed by atoms with E-state index in [1.807, 2.05) is 0 Å². The third-order valence-electron chi connectivity index (χ3n) is 2.41. The zero-order valence-corrected chi connectivity index (χ0v) is 11.2. The Morgan fingerprint density at radius 2 is 2.11 bits per heavy atom. The Kier molecular flexibility index (Phi) is 3.74. The second-order valence-electron chi connectivity index (χ2n) is 3.82. The first-order valence-electron chi connectivity index (χ1n) is 5.24. The molecule has 2 aromatic rings. The number of nitrogens with zero attached hydrogens (tertiary/aromatic N) is 3. The minimum Gasteiger partial charge on any atom is -0.375 e. The molecule has 102 valence electrons. The van der Waals surface area contributed by atoms with Gasteiger partial charge in [-0.3, -0.25) is 0 Å². The van der Waals surface area contributed by atoms with Crippen LogP contribution in [-0.4, -0.2) is 20.6 Å². The number of aromatic nitrogens is 4. The van der Waals surface area contributed by atoms with Crippen molar-refractivity contribution in [2.75, 3.05) is 5.32 Å². The molecule has 0 fully saturated rings. The lowest BCUT2D eigenvalue weighted by molar-refractivity contribution is -0.137. The molecule has 0 saturated carbocycles. The predicted molar refractivity (Wildman–Crippen MR) is 65.4 cm³/mol. The van der Waals surface area contributed by atoms with Crippen LogP contribution in [-0.2, 0) is 6.18 Å². The molecule has 0 radical (unpaired) electrons. The predicted octanol–water partition coefficient (Wildman–Crippen LogP) is 3.15. The van der Waals surface area contributed by atoms with Crippen molar-refractivity contribution in [3.05, 3.63) is 34.1 Å². The van der Waals surface area contributed by atoms with E-state index in [1.165, 1.54) is 12.1 Å². The molecule has 1 unspecified atom stereocenters. The topological polar surface area (TPSA) is 66.5 Å². The van der Waals surface area contributed by atoms with Crippen LogP contribution in [0.15, 0.2) is 22.7 Å². The number of benzene rings is 1. The number of hydrogen-bond acceptors (Lipinski definition) is 4. The minimum atomic E-state index is -4.44. The van der Waals surface area contributed by atoms with Crippen LogP contribution in [0.3, 0.4) is 0 Å². The number of hydrogen-bond donors (Lipinski definition) is 2. The molecule has 0 bridgehead atoms. The van der Waals surface area contributed by atoms with Crippen molar-refractivity contribution in [3.8, 4) is 0 Å². The van der Waals surface area contributed by atoms with E-state index in [4.69, 9.17) is 0 Å². The molecule has 9 heteroatoms. The highest BCUT2D eigenvalue weighted by Crippen LogP contribution is 2.37. The van der Waals surface area contributed by atoms with E-state index in [0.29, 0.717) is 4.47 Å². The Labute approximate surface area is 114 Å². The lowest BCUT2D eigenvalue weighted by Gasteiger charge is -2.17. The van der Waals surface area contributed by atoms with Crippen molar-refractivity contribution in [1.82, 2.24) is 20.6 Å². The van der Waals surface area contributed by atoms with Gasteiger partial charge in [0.25, 0.3) is 0 Å². The van der Waals surface area contributed by atoms with Gasteiger partial charge >= 0.3 is 6.18 Å². The van der Waals surface area contributed by atoms with E-state index < -0.39 is 17.8 Å². The van der Waals surface area contributed by atoms with Gasteiger partial charge in [-0.2, -0.15) is 18.4 Å². The molecule has 0 aliphatic carbocycles. The smallest absolute Gasteiger partial charge is 0.375 e. The maximum absolute atomic E-state index is 12.9. The van der Waals surface area contributed by atoms with Crippen LogP contribution in [0.25, 0.3) is 0 Å². The zero-order chi connectivity index (χ0) is 14.0. The number of H-pyrrole nitrogens is 1. The zero-order valence-electron chi connectivity index (χ0n) is 9.66. The van der Waals surface area contributed by atoms with E-state index in [-0.39, 0.29) is 11.5 Å². The van der Waals surface area contributed by atoms with Gasteiger partial charge in [0, 0.05) is 10.2 Å². The van der Waals surface area contributed by atoms with Gasteiger partial charge < -0.3 is 5.32 Å². The summed E-state index contributed by atoms with van der Waals surface area (Å²) >= 11 is 3.03. The number of alkyl halides is 3. The monoisotopic (exact) mass is 335 g/mol. The first kappa shape index (κ1) is 13.8. The molecular weight excluding hydrogens is 327 g/mol. The third-order valence-corrected chi connectivity index (χ3v) is 2.90. The lowest BCUT2D eigenvalue weighted by atomic mass is 10.1. The van der Waals surface area contributed by atoms with Crippen LogP contribution in [0.1, 0.15) is 24.4 Å². The summed E-state index contributed by atoms with van der Waals surface area (Å²) in [5, 5.41) is 15.8. The van der Waals surface area contributed by atoms with Gasteiger partial charge in [-0.25, -0.2) is 0 Å². The highest BCUT2D eigenvalue weighted by atomic mass is 79.9. The third kappa shape index (κ3) is 3.22. The number of aromatic amines is 1. The Hall–Kier alpha value is -1.64. The van der Waals surface area contributed by atoms with E-state index in [9.17, 15) is 13.2 Å². The fraction of sp³-hybridized carbons (Fsp3) is 0.300. The highest BCUT2D eigenvalue weighted by Gasteiger charge is 2.34. The van der Waals surface area contributed by atoms with Crippen molar-refractivity contribution in [2.45, 2.75) is 19.1 Å². The summed E-state index contributed by atoms with van der Waals surface area (Å²) in [4.78, 5) is 0. The van der Waals surface area contributed by atoms with E-state index in [2.05, 4.69) is 41.9 Å².